The fraction of sp³-hybridized carbons (Fsp3) is 0.429. The minimum absolute atomic E-state index is 0.193. The molecule has 1 aliphatic rings. The van der Waals surface area contributed by atoms with Gasteiger partial charge in [0.05, 0.1) is 0 Å². The van der Waals surface area contributed by atoms with Crippen LogP contribution >= 0.6 is 12.2 Å². The number of carboxylic acids is 1. The van der Waals surface area contributed by atoms with E-state index in [1.54, 1.807) is 0 Å². The molecule has 1 heterocycles. The number of aliphatic carboxylic acids is 1. The molecule has 1 aromatic carbocycles. The molecule has 1 aliphatic heterocycles. The fourth-order valence-electron chi connectivity index (χ4n) is 2.47. The molecular formula is C14H18N2O2S. The van der Waals surface area contributed by atoms with Crippen LogP contribution in [0.25, 0.3) is 0 Å². The first-order valence-corrected chi connectivity index (χ1v) is 6.83. The third-order valence-corrected chi connectivity index (χ3v) is 3.92. The highest BCUT2D eigenvalue weighted by Crippen LogP contribution is 2.22. The number of hydrogen-bond donors (Lipinski definition) is 2. The van der Waals surface area contributed by atoms with Gasteiger partial charge in [-0.1, -0.05) is 12.2 Å². The van der Waals surface area contributed by atoms with E-state index in [-0.39, 0.29) is 12.3 Å². The summed E-state index contributed by atoms with van der Waals surface area (Å²) in [4.78, 5) is 13.7. The van der Waals surface area contributed by atoms with Crippen molar-refractivity contribution in [1.29, 1.82) is 0 Å². The Bertz CT molecular complexity index is 473. The maximum Gasteiger partial charge on any atom is 0.303 e. The highest BCUT2D eigenvalue weighted by atomic mass is 32.1. The molecular weight excluding hydrogens is 260 g/mol. The van der Waals surface area contributed by atoms with Crippen LogP contribution in [0.4, 0.5) is 5.69 Å². The zero-order chi connectivity index (χ0) is 13.8. The summed E-state index contributed by atoms with van der Waals surface area (Å²) in [6, 6.07) is 7.50. The summed E-state index contributed by atoms with van der Waals surface area (Å²) >= 11 is 5.49. The van der Waals surface area contributed by atoms with Crippen molar-refractivity contribution in [2.75, 3.05) is 18.8 Å². The van der Waals surface area contributed by atoms with Crippen LogP contribution in [0.15, 0.2) is 24.3 Å². The van der Waals surface area contributed by atoms with Crippen molar-refractivity contribution in [2.24, 2.45) is 5.92 Å². The van der Waals surface area contributed by atoms with Gasteiger partial charge >= 0.3 is 5.97 Å². The Balaban J connectivity index is 2.02. The number of piperidine rings is 1. The third kappa shape index (κ3) is 3.67. The highest BCUT2D eigenvalue weighted by Gasteiger charge is 2.23. The molecule has 5 heteroatoms. The van der Waals surface area contributed by atoms with Gasteiger partial charge in [-0.25, -0.2) is 0 Å². The molecule has 102 valence electrons. The summed E-state index contributed by atoms with van der Waals surface area (Å²) in [6.45, 7) is 1.63. The second-order valence-electron chi connectivity index (χ2n) is 4.98. The lowest BCUT2D eigenvalue weighted by Crippen LogP contribution is -2.40. The van der Waals surface area contributed by atoms with Crippen LogP contribution in [-0.4, -0.2) is 34.1 Å². The van der Waals surface area contributed by atoms with Crippen molar-refractivity contribution in [1.82, 2.24) is 4.90 Å². The molecule has 3 N–H and O–H groups in total. The summed E-state index contributed by atoms with van der Waals surface area (Å²) in [7, 11) is 0. The normalized spacial score (nSPS) is 19.2. The molecule has 0 aromatic heterocycles. The second kappa shape index (κ2) is 6.02. The zero-order valence-corrected chi connectivity index (χ0v) is 11.5. The van der Waals surface area contributed by atoms with Gasteiger partial charge in [0.25, 0.3) is 0 Å². The number of nitrogens with zero attached hydrogens (tertiary/aromatic N) is 1. The van der Waals surface area contributed by atoms with Crippen molar-refractivity contribution in [3.63, 3.8) is 0 Å². The highest BCUT2D eigenvalue weighted by molar-refractivity contribution is 7.80. The van der Waals surface area contributed by atoms with Crippen molar-refractivity contribution in [3.05, 3.63) is 29.8 Å². The number of carbonyl (C=O) groups is 1. The van der Waals surface area contributed by atoms with Crippen molar-refractivity contribution in [3.8, 4) is 0 Å². The quantitative estimate of drug-likeness (QED) is 0.655. The van der Waals surface area contributed by atoms with E-state index in [0.717, 1.165) is 36.5 Å². The van der Waals surface area contributed by atoms with Crippen molar-refractivity contribution >= 4 is 28.9 Å². The van der Waals surface area contributed by atoms with Gasteiger partial charge in [0.2, 0.25) is 0 Å². The van der Waals surface area contributed by atoms with E-state index in [0.29, 0.717) is 5.69 Å². The molecule has 0 amide bonds. The molecule has 0 bridgehead atoms. The Labute approximate surface area is 118 Å². The topological polar surface area (TPSA) is 66.6 Å². The number of nitrogen functional groups attached to an aromatic ring is 1. The van der Waals surface area contributed by atoms with Crippen LogP contribution in [-0.2, 0) is 4.79 Å². The van der Waals surface area contributed by atoms with Gasteiger partial charge in [0, 0.05) is 30.8 Å². The average molecular weight is 278 g/mol. The Morgan fingerprint density at radius 3 is 2.74 bits per heavy atom. The van der Waals surface area contributed by atoms with Gasteiger partial charge in [0.15, 0.2) is 0 Å². The van der Waals surface area contributed by atoms with E-state index >= 15 is 0 Å². The first-order valence-electron chi connectivity index (χ1n) is 6.43. The summed E-state index contributed by atoms with van der Waals surface area (Å²) < 4.78 is 0. The van der Waals surface area contributed by atoms with E-state index in [1.165, 1.54) is 0 Å². The molecule has 0 saturated carbocycles. The maximum absolute atomic E-state index is 10.8. The molecule has 19 heavy (non-hydrogen) atoms. The second-order valence-corrected chi connectivity index (χ2v) is 5.37. The Morgan fingerprint density at radius 2 is 2.11 bits per heavy atom. The van der Waals surface area contributed by atoms with E-state index in [2.05, 4.69) is 4.90 Å². The van der Waals surface area contributed by atoms with Gasteiger partial charge in [-0.3, -0.25) is 4.79 Å². The summed E-state index contributed by atoms with van der Waals surface area (Å²) in [5, 5.41) is 8.87. The van der Waals surface area contributed by atoms with Crippen molar-refractivity contribution in [2.45, 2.75) is 19.3 Å². The average Bonchev–Trinajstić information content (AvgIpc) is 2.38. The number of anilines is 1. The number of hydrogen-bond acceptors (Lipinski definition) is 3. The summed E-state index contributed by atoms with van der Waals surface area (Å²) in [5.74, 6) is -0.539. The molecule has 1 unspecified atom stereocenters. The SMILES string of the molecule is Nc1ccc(C(=S)N2CCCC(CC(=O)O)C2)cc1. The van der Waals surface area contributed by atoms with Gasteiger partial charge < -0.3 is 15.7 Å². The van der Waals surface area contributed by atoms with Gasteiger partial charge in [-0.05, 0) is 43.0 Å². The smallest absolute Gasteiger partial charge is 0.303 e. The lowest BCUT2D eigenvalue weighted by molar-refractivity contribution is -0.138. The standard InChI is InChI=1S/C14H18N2O2S/c15-12-5-3-11(4-6-12)14(19)16-7-1-2-10(9-16)8-13(17)18/h3-6,10H,1-2,7-9,15H2,(H,17,18). The molecule has 2 rings (SSSR count). The first-order chi connectivity index (χ1) is 9.06. The Hall–Kier alpha value is -1.62. The number of carboxylic acid groups (broad SMARTS) is 1. The van der Waals surface area contributed by atoms with Gasteiger partial charge in [-0.2, -0.15) is 0 Å². The largest absolute Gasteiger partial charge is 0.481 e. The van der Waals surface area contributed by atoms with E-state index in [9.17, 15) is 4.79 Å². The lowest BCUT2D eigenvalue weighted by atomic mass is 9.94. The maximum atomic E-state index is 10.8. The molecule has 1 aromatic rings. The predicted molar refractivity (Wildman–Crippen MR) is 79.1 cm³/mol. The first kappa shape index (κ1) is 13.8. The van der Waals surface area contributed by atoms with E-state index in [4.69, 9.17) is 23.1 Å². The Morgan fingerprint density at radius 1 is 1.42 bits per heavy atom. The van der Waals surface area contributed by atoms with Crippen LogP contribution in [0.2, 0.25) is 0 Å². The number of nitrogens with two attached hydrogens (primary N) is 1. The molecule has 0 spiro atoms. The summed E-state index contributed by atoms with van der Waals surface area (Å²) in [5.41, 5.74) is 7.35. The third-order valence-electron chi connectivity index (χ3n) is 3.43. The number of thiocarbonyl (C=S) groups is 1. The monoisotopic (exact) mass is 278 g/mol. The van der Waals surface area contributed by atoms with Crippen LogP contribution in [0.5, 0.6) is 0 Å². The van der Waals surface area contributed by atoms with Crippen LogP contribution in [0.3, 0.4) is 0 Å². The van der Waals surface area contributed by atoms with Gasteiger partial charge in [-0.15, -0.1) is 0 Å². The van der Waals surface area contributed by atoms with Crippen LogP contribution < -0.4 is 5.73 Å². The van der Waals surface area contributed by atoms with Crippen LogP contribution in [0.1, 0.15) is 24.8 Å². The zero-order valence-electron chi connectivity index (χ0n) is 10.7. The molecule has 0 aliphatic carbocycles. The molecule has 1 saturated heterocycles. The number of benzene rings is 1. The minimum atomic E-state index is -0.731. The van der Waals surface area contributed by atoms with Gasteiger partial charge in [0.1, 0.15) is 4.99 Å². The number of likely N-dealkylation sites (tertiary alicyclic amines) is 1. The molecule has 4 nitrogen and oxygen atoms in total. The lowest BCUT2D eigenvalue weighted by Gasteiger charge is -2.34. The minimum Gasteiger partial charge on any atom is -0.481 e. The molecule has 1 fully saturated rings. The van der Waals surface area contributed by atoms with Crippen LogP contribution in [0, 0.1) is 5.92 Å². The predicted octanol–water partition coefficient (Wildman–Crippen LogP) is 2.13. The molecule has 0 radical (unpaired) electrons. The number of rotatable bonds is 3. The van der Waals surface area contributed by atoms with E-state index < -0.39 is 5.97 Å². The Kier molecular flexibility index (Phi) is 4.37. The summed E-state index contributed by atoms with van der Waals surface area (Å²) in [6.07, 6.45) is 2.18. The fourth-order valence-corrected chi connectivity index (χ4v) is 2.77. The van der Waals surface area contributed by atoms with Crippen molar-refractivity contribution < 1.29 is 9.90 Å². The van der Waals surface area contributed by atoms with E-state index in [1.807, 2.05) is 24.3 Å². The molecule has 1 atom stereocenters.